The Hall–Kier alpha value is -2.73. The van der Waals surface area contributed by atoms with Crippen molar-refractivity contribution in [2.45, 2.75) is 6.42 Å². The van der Waals surface area contributed by atoms with Gasteiger partial charge in [0.15, 0.2) is 0 Å². The van der Waals surface area contributed by atoms with Gasteiger partial charge in [-0.1, -0.05) is 18.2 Å². The zero-order chi connectivity index (χ0) is 16.3. The number of carbonyl (C=O) groups excluding carboxylic acids is 1. The molecule has 0 heterocycles. The monoisotopic (exact) mass is 312 g/mol. The van der Waals surface area contributed by atoms with Crippen LogP contribution in [0.5, 0.6) is 0 Å². The first-order chi connectivity index (χ1) is 11.3. The third-order valence-corrected chi connectivity index (χ3v) is 2.97. The highest BCUT2D eigenvalue weighted by Gasteiger charge is 2.00. The lowest BCUT2D eigenvalue weighted by atomic mass is 10.3. The lowest BCUT2D eigenvalue weighted by Gasteiger charge is -2.07. The van der Waals surface area contributed by atoms with Crippen LogP contribution in [0.4, 0.5) is 21.9 Å². The number of nitrogens with zero attached hydrogens (tertiary/aromatic N) is 2. The predicted molar refractivity (Wildman–Crippen MR) is 90.6 cm³/mol. The number of rotatable bonds is 7. The number of amides is 2. The number of methoxy groups -OCH3 is 1. The molecule has 2 aromatic carbocycles. The Morgan fingerprint density at radius 2 is 1.65 bits per heavy atom. The van der Waals surface area contributed by atoms with Gasteiger partial charge in [0.2, 0.25) is 0 Å². The quantitative estimate of drug-likeness (QED) is 0.592. The fourth-order valence-electron chi connectivity index (χ4n) is 1.82. The second-order valence-corrected chi connectivity index (χ2v) is 4.81. The van der Waals surface area contributed by atoms with E-state index in [9.17, 15) is 4.79 Å². The molecule has 0 aliphatic heterocycles. The van der Waals surface area contributed by atoms with E-state index in [1.165, 1.54) is 0 Å². The molecule has 2 N–H and O–H groups in total. The van der Waals surface area contributed by atoms with Crippen LogP contribution in [0.2, 0.25) is 0 Å². The molecular weight excluding hydrogens is 292 g/mol. The number of ether oxygens (including phenoxy) is 1. The first-order valence-corrected chi connectivity index (χ1v) is 7.38. The summed E-state index contributed by atoms with van der Waals surface area (Å²) in [5.74, 6) is 0. The van der Waals surface area contributed by atoms with Crippen LogP contribution in [0.15, 0.2) is 64.8 Å². The number of anilines is 1. The van der Waals surface area contributed by atoms with Crippen LogP contribution in [0.1, 0.15) is 6.42 Å². The molecule has 6 heteroatoms. The number of benzene rings is 2. The van der Waals surface area contributed by atoms with Crippen molar-refractivity contribution in [2.75, 3.05) is 25.6 Å². The molecule has 0 unspecified atom stereocenters. The van der Waals surface area contributed by atoms with Crippen LogP contribution in [0.3, 0.4) is 0 Å². The lowest BCUT2D eigenvalue weighted by Crippen LogP contribution is -2.29. The summed E-state index contributed by atoms with van der Waals surface area (Å²) in [5, 5.41) is 13.8. The molecule has 0 aliphatic rings. The summed E-state index contributed by atoms with van der Waals surface area (Å²) >= 11 is 0. The molecule has 0 bridgehead atoms. The molecule has 0 atom stereocenters. The predicted octanol–water partition coefficient (Wildman–Crippen LogP) is 4.26. The largest absolute Gasteiger partial charge is 0.385 e. The number of azo groups is 1. The molecule has 0 spiro atoms. The number of hydrogen-bond donors (Lipinski definition) is 2. The zero-order valence-corrected chi connectivity index (χ0v) is 13.0. The van der Waals surface area contributed by atoms with E-state index < -0.39 is 0 Å². The van der Waals surface area contributed by atoms with E-state index in [4.69, 9.17) is 4.74 Å². The Bertz CT molecular complexity index is 627. The topological polar surface area (TPSA) is 75.1 Å². The maximum Gasteiger partial charge on any atom is 0.319 e. The van der Waals surface area contributed by atoms with Crippen molar-refractivity contribution in [3.63, 3.8) is 0 Å². The molecule has 2 amide bonds. The zero-order valence-electron chi connectivity index (χ0n) is 13.0. The Kier molecular flexibility index (Phi) is 6.74. The van der Waals surface area contributed by atoms with Crippen molar-refractivity contribution >= 4 is 23.1 Å². The minimum Gasteiger partial charge on any atom is -0.385 e. The number of urea groups is 1. The van der Waals surface area contributed by atoms with Gasteiger partial charge in [-0.25, -0.2) is 4.79 Å². The Labute approximate surface area is 135 Å². The van der Waals surface area contributed by atoms with Gasteiger partial charge in [-0.2, -0.15) is 10.2 Å². The molecule has 23 heavy (non-hydrogen) atoms. The smallest absolute Gasteiger partial charge is 0.319 e. The molecule has 0 aromatic heterocycles. The van der Waals surface area contributed by atoms with E-state index in [0.717, 1.165) is 17.8 Å². The van der Waals surface area contributed by atoms with Gasteiger partial charge in [-0.05, 0) is 42.8 Å². The summed E-state index contributed by atoms with van der Waals surface area (Å²) in [7, 11) is 1.64. The normalized spacial score (nSPS) is 10.7. The van der Waals surface area contributed by atoms with Crippen LogP contribution in [0.25, 0.3) is 0 Å². The van der Waals surface area contributed by atoms with E-state index in [0.29, 0.717) is 18.8 Å². The van der Waals surface area contributed by atoms with Gasteiger partial charge in [0, 0.05) is 25.9 Å². The molecule has 2 rings (SSSR count). The summed E-state index contributed by atoms with van der Waals surface area (Å²) in [6, 6.07) is 16.4. The van der Waals surface area contributed by atoms with E-state index >= 15 is 0 Å². The van der Waals surface area contributed by atoms with Crippen molar-refractivity contribution < 1.29 is 9.53 Å². The second kappa shape index (κ2) is 9.32. The van der Waals surface area contributed by atoms with Crippen molar-refractivity contribution in [2.24, 2.45) is 10.2 Å². The van der Waals surface area contributed by atoms with Crippen LogP contribution in [0, 0.1) is 0 Å². The average Bonchev–Trinajstić information content (AvgIpc) is 2.59. The standard InChI is InChI=1S/C17H20N4O2/c1-23-13-5-12-18-17(22)19-14-8-10-16(11-9-14)21-20-15-6-3-2-4-7-15/h2-4,6-11H,5,12-13H2,1H3,(H2,18,19,22). The van der Waals surface area contributed by atoms with Gasteiger partial charge in [-0.15, -0.1) is 0 Å². The SMILES string of the molecule is COCCCNC(=O)Nc1ccc(N=Nc2ccccc2)cc1. The van der Waals surface area contributed by atoms with Crippen molar-refractivity contribution in [1.29, 1.82) is 0 Å². The third-order valence-electron chi connectivity index (χ3n) is 2.97. The molecule has 0 saturated heterocycles. The van der Waals surface area contributed by atoms with Crippen LogP contribution in [-0.2, 0) is 4.74 Å². The minimum atomic E-state index is -0.236. The van der Waals surface area contributed by atoms with Gasteiger partial charge >= 0.3 is 6.03 Å². The molecule has 6 nitrogen and oxygen atoms in total. The summed E-state index contributed by atoms with van der Waals surface area (Å²) in [6.07, 6.45) is 0.780. The number of carbonyl (C=O) groups is 1. The fourth-order valence-corrected chi connectivity index (χ4v) is 1.82. The average molecular weight is 312 g/mol. The third kappa shape index (κ3) is 6.27. The van der Waals surface area contributed by atoms with Crippen molar-refractivity contribution in [3.05, 3.63) is 54.6 Å². The first-order valence-electron chi connectivity index (χ1n) is 7.38. The molecule has 0 saturated carbocycles. The van der Waals surface area contributed by atoms with Gasteiger partial charge in [0.1, 0.15) is 0 Å². The van der Waals surface area contributed by atoms with E-state index in [-0.39, 0.29) is 6.03 Å². The van der Waals surface area contributed by atoms with Crippen molar-refractivity contribution in [3.8, 4) is 0 Å². The highest BCUT2D eigenvalue weighted by molar-refractivity contribution is 5.89. The molecule has 0 aliphatic carbocycles. The summed E-state index contributed by atoms with van der Waals surface area (Å²) in [4.78, 5) is 11.7. The highest BCUT2D eigenvalue weighted by Crippen LogP contribution is 2.19. The van der Waals surface area contributed by atoms with E-state index in [1.54, 1.807) is 31.4 Å². The highest BCUT2D eigenvalue weighted by atomic mass is 16.5. The van der Waals surface area contributed by atoms with Crippen LogP contribution < -0.4 is 10.6 Å². The van der Waals surface area contributed by atoms with Gasteiger partial charge in [0.25, 0.3) is 0 Å². The Balaban J connectivity index is 1.82. The number of nitrogens with one attached hydrogen (secondary N) is 2. The van der Waals surface area contributed by atoms with Gasteiger partial charge in [-0.3, -0.25) is 0 Å². The Morgan fingerprint density at radius 1 is 1.00 bits per heavy atom. The second-order valence-electron chi connectivity index (χ2n) is 4.81. The maximum absolute atomic E-state index is 11.7. The maximum atomic E-state index is 11.7. The summed E-state index contributed by atoms with van der Waals surface area (Å²) < 4.78 is 4.92. The molecule has 120 valence electrons. The summed E-state index contributed by atoms with van der Waals surface area (Å²) in [5.41, 5.74) is 2.22. The van der Waals surface area contributed by atoms with Crippen LogP contribution >= 0.6 is 0 Å². The first kappa shape index (κ1) is 16.6. The van der Waals surface area contributed by atoms with Crippen molar-refractivity contribution in [1.82, 2.24) is 5.32 Å². The lowest BCUT2D eigenvalue weighted by molar-refractivity contribution is 0.194. The van der Waals surface area contributed by atoms with Gasteiger partial charge < -0.3 is 15.4 Å². The molecule has 2 aromatic rings. The van der Waals surface area contributed by atoms with E-state index in [1.807, 2.05) is 30.3 Å². The molecule has 0 fully saturated rings. The van der Waals surface area contributed by atoms with Crippen LogP contribution in [-0.4, -0.2) is 26.3 Å². The Morgan fingerprint density at radius 3 is 2.30 bits per heavy atom. The number of hydrogen-bond acceptors (Lipinski definition) is 4. The summed E-state index contributed by atoms with van der Waals surface area (Å²) in [6.45, 7) is 1.20. The molecule has 0 radical (unpaired) electrons. The minimum absolute atomic E-state index is 0.236. The fraction of sp³-hybridized carbons (Fsp3) is 0.235. The van der Waals surface area contributed by atoms with Gasteiger partial charge in [0.05, 0.1) is 11.4 Å². The molecular formula is C17H20N4O2. The van der Waals surface area contributed by atoms with E-state index in [2.05, 4.69) is 20.9 Å².